The van der Waals surface area contributed by atoms with Crippen LogP contribution in [0.1, 0.15) is 75.3 Å². The summed E-state index contributed by atoms with van der Waals surface area (Å²) in [6.07, 6.45) is 9.33. The Morgan fingerprint density at radius 2 is 1.75 bits per heavy atom. The van der Waals surface area contributed by atoms with Gasteiger partial charge in [-0.25, -0.2) is 0 Å². The van der Waals surface area contributed by atoms with Crippen molar-refractivity contribution in [3.63, 3.8) is 0 Å². The van der Waals surface area contributed by atoms with E-state index in [2.05, 4.69) is 31.2 Å². The maximum absolute atomic E-state index is 13.1. The van der Waals surface area contributed by atoms with E-state index in [-0.39, 0.29) is 23.9 Å². The van der Waals surface area contributed by atoms with E-state index in [0.29, 0.717) is 5.92 Å². The van der Waals surface area contributed by atoms with Crippen LogP contribution in [0.3, 0.4) is 0 Å². The van der Waals surface area contributed by atoms with Crippen molar-refractivity contribution in [1.29, 1.82) is 5.26 Å². The third kappa shape index (κ3) is 5.44. The van der Waals surface area contributed by atoms with Gasteiger partial charge in [-0.3, -0.25) is 4.79 Å². The summed E-state index contributed by atoms with van der Waals surface area (Å²) in [5.41, 5.74) is 2.75. The van der Waals surface area contributed by atoms with Crippen molar-refractivity contribution in [3.8, 4) is 6.07 Å². The molecule has 3 rings (SSSR count). The largest absolute Gasteiger partial charge is 0.462 e. The fourth-order valence-electron chi connectivity index (χ4n) is 4.57. The molecule has 0 heterocycles. The third-order valence-corrected chi connectivity index (χ3v) is 6.41. The molecule has 1 aromatic carbocycles. The van der Waals surface area contributed by atoms with Crippen LogP contribution in [0.4, 0.5) is 4.39 Å². The number of allylic oxidation sites excluding steroid dienone is 2. The number of halogens is 1. The van der Waals surface area contributed by atoms with E-state index in [0.717, 1.165) is 57.8 Å². The van der Waals surface area contributed by atoms with Crippen LogP contribution in [0, 0.1) is 23.2 Å². The van der Waals surface area contributed by atoms with Crippen molar-refractivity contribution in [1.82, 2.24) is 0 Å². The van der Waals surface area contributed by atoms with Crippen LogP contribution in [0.2, 0.25) is 0 Å². The normalized spacial score (nSPS) is 28.4. The van der Waals surface area contributed by atoms with Gasteiger partial charge in [0.25, 0.3) is 0 Å². The van der Waals surface area contributed by atoms with Gasteiger partial charge in [-0.15, -0.1) is 0 Å². The second kappa shape index (κ2) is 9.87. The first-order valence-corrected chi connectivity index (χ1v) is 10.7. The molecule has 0 radical (unpaired) electrons. The topological polar surface area (TPSA) is 50.1 Å². The zero-order valence-corrected chi connectivity index (χ0v) is 16.7. The molecule has 28 heavy (non-hydrogen) atoms. The highest BCUT2D eigenvalue weighted by Gasteiger charge is 2.31. The molecule has 0 bridgehead atoms. The number of nitrogens with zero attached hydrogens (tertiary/aromatic N) is 1. The van der Waals surface area contributed by atoms with Crippen molar-refractivity contribution >= 4 is 5.97 Å². The first-order chi connectivity index (χ1) is 13.6. The van der Waals surface area contributed by atoms with Crippen molar-refractivity contribution in [2.75, 3.05) is 0 Å². The number of hydrogen-bond acceptors (Lipinski definition) is 3. The zero-order chi connectivity index (χ0) is 19.9. The van der Waals surface area contributed by atoms with Gasteiger partial charge in [0.2, 0.25) is 0 Å². The fourth-order valence-corrected chi connectivity index (χ4v) is 4.57. The molecule has 0 aliphatic heterocycles. The summed E-state index contributed by atoms with van der Waals surface area (Å²) in [5, 5.41) is 8.53. The number of aryl methyl sites for hydroxylation is 1. The van der Waals surface area contributed by atoms with Crippen LogP contribution in [0.25, 0.3) is 0 Å². The van der Waals surface area contributed by atoms with E-state index >= 15 is 0 Å². The smallest absolute Gasteiger partial charge is 0.309 e. The van der Waals surface area contributed by atoms with E-state index in [1.807, 2.05) is 0 Å². The number of esters is 1. The Labute approximate surface area is 167 Å². The number of ether oxygens (including phenoxy) is 1. The molecule has 1 aromatic rings. The summed E-state index contributed by atoms with van der Waals surface area (Å²) in [5.74, 6) is -0.111. The Balaban J connectivity index is 1.42. The molecule has 0 aromatic heterocycles. The molecule has 2 aliphatic rings. The Bertz CT molecular complexity index is 718. The molecule has 3 nitrogen and oxygen atoms in total. The molecular formula is C24H30FNO2. The second-order valence-corrected chi connectivity index (χ2v) is 8.24. The highest BCUT2D eigenvalue weighted by atomic mass is 19.1. The number of hydrogen-bond donors (Lipinski definition) is 0. The minimum atomic E-state index is -0.707. The first kappa shape index (κ1) is 20.6. The van der Waals surface area contributed by atoms with Gasteiger partial charge in [-0.1, -0.05) is 31.2 Å². The fraction of sp³-hybridized carbons (Fsp3) is 0.583. The Kier molecular flexibility index (Phi) is 7.25. The highest BCUT2D eigenvalue weighted by molar-refractivity contribution is 5.72. The van der Waals surface area contributed by atoms with E-state index in [9.17, 15) is 9.18 Å². The summed E-state index contributed by atoms with van der Waals surface area (Å²) in [6.45, 7) is 2.17. The lowest BCUT2D eigenvalue weighted by Gasteiger charge is -2.31. The van der Waals surface area contributed by atoms with E-state index in [1.165, 1.54) is 23.3 Å². The van der Waals surface area contributed by atoms with Crippen molar-refractivity contribution in [3.05, 3.63) is 47.3 Å². The van der Waals surface area contributed by atoms with E-state index in [1.54, 1.807) is 0 Å². The quantitative estimate of drug-likeness (QED) is 0.463. The van der Waals surface area contributed by atoms with Gasteiger partial charge in [-0.2, -0.15) is 9.65 Å². The molecule has 0 atom stereocenters. The summed E-state index contributed by atoms with van der Waals surface area (Å²) in [6, 6.07) is 10.4. The minimum absolute atomic E-state index is 0.0137. The predicted octanol–water partition coefficient (Wildman–Crippen LogP) is 6.00. The number of rotatable bonds is 5. The monoisotopic (exact) mass is 383 g/mol. The second-order valence-electron chi connectivity index (χ2n) is 8.24. The zero-order valence-electron chi connectivity index (χ0n) is 16.7. The van der Waals surface area contributed by atoms with E-state index < -0.39 is 5.83 Å². The minimum Gasteiger partial charge on any atom is -0.462 e. The third-order valence-electron chi connectivity index (χ3n) is 6.41. The number of carbonyl (C=O) groups is 1. The molecule has 4 heteroatoms. The Morgan fingerprint density at radius 3 is 2.32 bits per heavy atom. The van der Waals surface area contributed by atoms with Crippen LogP contribution < -0.4 is 0 Å². The van der Waals surface area contributed by atoms with Gasteiger partial charge in [0.1, 0.15) is 12.2 Å². The average molecular weight is 384 g/mol. The van der Waals surface area contributed by atoms with Gasteiger partial charge in [0.05, 0.1) is 5.92 Å². The lowest BCUT2D eigenvalue weighted by Crippen LogP contribution is -2.29. The summed E-state index contributed by atoms with van der Waals surface area (Å²) < 4.78 is 18.8. The van der Waals surface area contributed by atoms with Gasteiger partial charge < -0.3 is 4.74 Å². The van der Waals surface area contributed by atoms with Crippen molar-refractivity contribution in [2.24, 2.45) is 11.8 Å². The van der Waals surface area contributed by atoms with Crippen molar-refractivity contribution in [2.45, 2.75) is 76.7 Å². The lowest BCUT2D eigenvalue weighted by atomic mass is 9.78. The summed E-state index contributed by atoms with van der Waals surface area (Å²) >= 11 is 0. The molecule has 2 aliphatic carbocycles. The maximum atomic E-state index is 13.1. The SMILES string of the molecule is CCc1ccc(C2CCC(C(=O)OC3CCC(C=C(F)C#N)CC3)CC2)cc1. The molecule has 0 spiro atoms. The average Bonchev–Trinajstić information content (AvgIpc) is 2.75. The molecule has 150 valence electrons. The summed E-state index contributed by atoms with van der Waals surface area (Å²) in [7, 11) is 0. The van der Waals surface area contributed by atoms with Crippen LogP contribution in [-0.2, 0) is 16.0 Å². The van der Waals surface area contributed by atoms with Gasteiger partial charge in [0.15, 0.2) is 5.83 Å². The maximum Gasteiger partial charge on any atom is 0.309 e. The Morgan fingerprint density at radius 1 is 1.11 bits per heavy atom. The standard InChI is InChI=1S/C24H30FNO2/c1-2-17-3-7-19(8-4-17)20-9-11-21(12-10-20)24(27)28-23-13-5-18(6-14-23)15-22(25)16-26/h3-4,7-8,15,18,20-21,23H,2,5-6,9-14H2,1H3. The molecule has 0 N–H and O–H groups in total. The molecular weight excluding hydrogens is 353 g/mol. The highest BCUT2D eigenvalue weighted by Crippen LogP contribution is 2.37. The number of benzene rings is 1. The first-order valence-electron chi connectivity index (χ1n) is 10.7. The number of nitriles is 1. The van der Waals surface area contributed by atoms with Crippen LogP contribution in [-0.4, -0.2) is 12.1 Å². The van der Waals surface area contributed by atoms with Crippen LogP contribution in [0.5, 0.6) is 0 Å². The predicted molar refractivity (Wildman–Crippen MR) is 107 cm³/mol. The molecule has 0 unspecified atom stereocenters. The van der Waals surface area contributed by atoms with Crippen LogP contribution >= 0.6 is 0 Å². The lowest BCUT2D eigenvalue weighted by molar-refractivity contribution is -0.157. The molecule has 2 saturated carbocycles. The van der Waals surface area contributed by atoms with Crippen LogP contribution in [0.15, 0.2) is 36.2 Å². The van der Waals surface area contributed by atoms with Crippen molar-refractivity contribution < 1.29 is 13.9 Å². The number of carbonyl (C=O) groups excluding carboxylic acids is 1. The van der Waals surface area contributed by atoms with Gasteiger partial charge >= 0.3 is 5.97 Å². The Hall–Kier alpha value is -2.15. The van der Waals surface area contributed by atoms with E-state index in [4.69, 9.17) is 10.00 Å². The molecule has 0 amide bonds. The molecule has 2 fully saturated rings. The van der Waals surface area contributed by atoms with Gasteiger partial charge in [0, 0.05) is 0 Å². The van der Waals surface area contributed by atoms with Gasteiger partial charge in [-0.05, 0) is 86.8 Å². The molecule has 0 saturated heterocycles. The summed E-state index contributed by atoms with van der Waals surface area (Å²) in [4.78, 5) is 12.6.